The first-order valence-corrected chi connectivity index (χ1v) is 11.2. The number of hydrogen-bond acceptors (Lipinski definition) is 5. The molecule has 1 atom stereocenters. The van der Waals surface area contributed by atoms with Gasteiger partial charge >= 0.3 is 0 Å². The van der Waals surface area contributed by atoms with Crippen molar-refractivity contribution < 1.29 is 14.3 Å². The highest BCUT2D eigenvalue weighted by atomic mass is 16.5. The Balaban J connectivity index is 1.53. The number of pyridine rings is 1. The zero-order chi connectivity index (χ0) is 23.2. The number of ether oxygens (including phenoxy) is 1. The molecule has 1 aliphatic rings. The van der Waals surface area contributed by atoms with Crippen LogP contribution in [0.2, 0.25) is 0 Å². The Kier molecular flexibility index (Phi) is 7.14. The summed E-state index contributed by atoms with van der Waals surface area (Å²) < 4.78 is 6.19. The van der Waals surface area contributed by atoms with Gasteiger partial charge in [-0.15, -0.1) is 0 Å². The lowest BCUT2D eigenvalue weighted by molar-refractivity contribution is -0.132. The number of nitrogens with zero attached hydrogens (tertiary/aromatic N) is 4. The molecule has 2 amide bonds. The first-order valence-electron chi connectivity index (χ1n) is 11.2. The zero-order valence-electron chi connectivity index (χ0n) is 19.0. The Morgan fingerprint density at radius 3 is 2.64 bits per heavy atom. The third-order valence-corrected chi connectivity index (χ3v) is 5.68. The standard InChI is InChI=1S/C25H29N5O3/c1-18(2)22-11-23(28-27-22)25(32)30-15-21(33-17-19-7-4-3-5-8-19)14-29(24(31)16-30)13-20-9-6-10-26-12-20/h3-12,18,21H,13-17H2,1-2H3,(H,27,28). The van der Waals surface area contributed by atoms with E-state index in [0.29, 0.717) is 31.9 Å². The van der Waals surface area contributed by atoms with Crippen LogP contribution >= 0.6 is 0 Å². The highest BCUT2D eigenvalue weighted by Crippen LogP contribution is 2.17. The summed E-state index contributed by atoms with van der Waals surface area (Å²) in [6.45, 7) is 5.56. The average molecular weight is 448 g/mol. The van der Waals surface area contributed by atoms with E-state index in [-0.39, 0.29) is 30.4 Å². The molecule has 1 fully saturated rings. The smallest absolute Gasteiger partial charge is 0.274 e. The Morgan fingerprint density at radius 1 is 1.15 bits per heavy atom. The second-order valence-electron chi connectivity index (χ2n) is 8.60. The normalized spacial score (nSPS) is 16.8. The number of benzene rings is 1. The largest absolute Gasteiger partial charge is 0.370 e. The van der Waals surface area contributed by atoms with Crippen molar-refractivity contribution in [1.29, 1.82) is 0 Å². The SMILES string of the molecule is CC(C)c1cc(C(=O)N2CC(=O)N(Cc3cccnc3)CC(OCc3ccccc3)C2)n[nH]1. The summed E-state index contributed by atoms with van der Waals surface area (Å²) >= 11 is 0. The maximum Gasteiger partial charge on any atom is 0.274 e. The molecule has 1 aliphatic heterocycles. The van der Waals surface area contributed by atoms with E-state index in [9.17, 15) is 9.59 Å². The molecule has 33 heavy (non-hydrogen) atoms. The summed E-state index contributed by atoms with van der Waals surface area (Å²) in [5.74, 6) is -0.178. The highest BCUT2D eigenvalue weighted by molar-refractivity contribution is 5.95. The molecule has 0 bridgehead atoms. The van der Waals surface area contributed by atoms with Crippen LogP contribution in [0.4, 0.5) is 0 Å². The second-order valence-corrected chi connectivity index (χ2v) is 8.60. The lowest BCUT2D eigenvalue weighted by Crippen LogP contribution is -2.39. The van der Waals surface area contributed by atoms with Crippen molar-refractivity contribution in [3.63, 3.8) is 0 Å². The molecule has 1 unspecified atom stereocenters. The van der Waals surface area contributed by atoms with Gasteiger partial charge in [0.05, 0.1) is 12.7 Å². The Labute approximate surface area is 193 Å². The van der Waals surface area contributed by atoms with Gasteiger partial charge in [0.1, 0.15) is 12.2 Å². The third-order valence-electron chi connectivity index (χ3n) is 5.68. The van der Waals surface area contributed by atoms with Crippen molar-refractivity contribution in [2.45, 2.75) is 39.0 Å². The first kappa shape index (κ1) is 22.7. The van der Waals surface area contributed by atoms with Crippen molar-refractivity contribution in [3.05, 3.63) is 83.4 Å². The molecule has 0 aliphatic carbocycles. The summed E-state index contributed by atoms with van der Waals surface area (Å²) in [7, 11) is 0. The van der Waals surface area contributed by atoms with Crippen LogP contribution in [0.15, 0.2) is 60.9 Å². The van der Waals surface area contributed by atoms with Gasteiger partial charge in [-0.3, -0.25) is 19.7 Å². The van der Waals surface area contributed by atoms with Crippen LogP contribution in [0.1, 0.15) is 47.1 Å². The lowest BCUT2D eigenvalue weighted by atomic mass is 10.1. The van der Waals surface area contributed by atoms with Gasteiger partial charge < -0.3 is 14.5 Å². The molecule has 8 heteroatoms. The van der Waals surface area contributed by atoms with E-state index in [4.69, 9.17) is 4.74 Å². The maximum absolute atomic E-state index is 13.2. The van der Waals surface area contributed by atoms with Gasteiger partial charge in [0.15, 0.2) is 0 Å². The van der Waals surface area contributed by atoms with E-state index in [1.54, 1.807) is 28.3 Å². The summed E-state index contributed by atoms with van der Waals surface area (Å²) in [6.07, 6.45) is 3.12. The maximum atomic E-state index is 13.2. The molecular weight excluding hydrogens is 418 g/mol. The van der Waals surface area contributed by atoms with Crippen LogP contribution in [0, 0.1) is 0 Å². The summed E-state index contributed by atoms with van der Waals surface area (Å²) in [6, 6.07) is 15.4. The Bertz CT molecular complexity index is 1070. The fourth-order valence-electron chi connectivity index (χ4n) is 3.80. The van der Waals surface area contributed by atoms with E-state index in [2.05, 4.69) is 15.2 Å². The Hall–Kier alpha value is -3.52. The number of aromatic nitrogens is 3. The molecule has 8 nitrogen and oxygen atoms in total. The van der Waals surface area contributed by atoms with Crippen molar-refractivity contribution in [3.8, 4) is 0 Å². The number of amides is 2. The van der Waals surface area contributed by atoms with Gasteiger partial charge in [-0.1, -0.05) is 50.2 Å². The van der Waals surface area contributed by atoms with Gasteiger partial charge in [0.25, 0.3) is 5.91 Å². The minimum Gasteiger partial charge on any atom is -0.370 e. The molecule has 0 saturated carbocycles. The number of carbonyl (C=O) groups is 2. The molecule has 172 valence electrons. The highest BCUT2D eigenvalue weighted by Gasteiger charge is 2.32. The van der Waals surface area contributed by atoms with Crippen molar-refractivity contribution in [1.82, 2.24) is 25.0 Å². The second kappa shape index (κ2) is 10.4. The number of H-pyrrole nitrogens is 1. The predicted molar refractivity (Wildman–Crippen MR) is 123 cm³/mol. The van der Waals surface area contributed by atoms with Crippen molar-refractivity contribution >= 4 is 11.8 Å². The minimum absolute atomic E-state index is 0.0197. The molecule has 1 saturated heterocycles. The predicted octanol–water partition coefficient (Wildman–Crippen LogP) is 3.00. The van der Waals surface area contributed by atoms with Crippen LogP contribution in [0.3, 0.4) is 0 Å². The van der Waals surface area contributed by atoms with E-state index < -0.39 is 0 Å². The number of nitrogens with one attached hydrogen (secondary N) is 1. The molecule has 0 spiro atoms. The van der Waals surface area contributed by atoms with Gasteiger partial charge in [0, 0.05) is 37.7 Å². The van der Waals surface area contributed by atoms with Gasteiger partial charge in [-0.2, -0.15) is 5.10 Å². The van der Waals surface area contributed by atoms with Crippen molar-refractivity contribution in [2.24, 2.45) is 0 Å². The number of hydrogen-bond donors (Lipinski definition) is 1. The van der Waals surface area contributed by atoms with E-state index in [0.717, 1.165) is 16.8 Å². The van der Waals surface area contributed by atoms with Crippen LogP contribution < -0.4 is 0 Å². The fourth-order valence-corrected chi connectivity index (χ4v) is 3.80. The molecule has 1 N–H and O–H groups in total. The van der Waals surface area contributed by atoms with Gasteiger partial charge in [-0.25, -0.2) is 0 Å². The first-order chi connectivity index (χ1) is 16.0. The molecule has 4 rings (SSSR count). The average Bonchev–Trinajstić information content (AvgIpc) is 3.27. The molecular formula is C25H29N5O3. The number of rotatable bonds is 7. The number of carbonyl (C=O) groups excluding carboxylic acids is 2. The number of aromatic amines is 1. The fraction of sp³-hybridized carbons (Fsp3) is 0.360. The molecule has 1 aromatic carbocycles. The van der Waals surface area contributed by atoms with Gasteiger partial charge in [0.2, 0.25) is 5.91 Å². The molecule has 3 aromatic rings. The Morgan fingerprint density at radius 2 is 1.94 bits per heavy atom. The van der Waals surface area contributed by atoms with Crippen LogP contribution in [0.25, 0.3) is 0 Å². The van der Waals surface area contributed by atoms with Crippen molar-refractivity contribution in [2.75, 3.05) is 19.6 Å². The lowest BCUT2D eigenvalue weighted by Gasteiger charge is -2.24. The topological polar surface area (TPSA) is 91.4 Å². The summed E-state index contributed by atoms with van der Waals surface area (Å²) in [5.41, 5.74) is 3.17. The third kappa shape index (κ3) is 5.84. The van der Waals surface area contributed by atoms with Crippen LogP contribution in [-0.2, 0) is 22.7 Å². The van der Waals surface area contributed by atoms with Gasteiger partial charge in [-0.05, 0) is 29.2 Å². The summed E-state index contributed by atoms with van der Waals surface area (Å²) in [4.78, 5) is 33.8. The molecule has 0 radical (unpaired) electrons. The van der Waals surface area contributed by atoms with Crippen LogP contribution in [-0.4, -0.2) is 62.5 Å². The molecule has 3 heterocycles. The van der Waals surface area contributed by atoms with Crippen LogP contribution in [0.5, 0.6) is 0 Å². The van der Waals surface area contributed by atoms with E-state index in [1.807, 2.05) is 56.3 Å². The minimum atomic E-state index is -0.333. The van der Waals surface area contributed by atoms with E-state index >= 15 is 0 Å². The molecule has 2 aromatic heterocycles. The summed E-state index contributed by atoms with van der Waals surface area (Å²) in [5, 5.41) is 7.10. The zero-order valence-corrected chi connectivity index (χ0v) is 19.0. The quantitative estimate of drug-likeness (QED) is 0.601. The van der Waals surface area contributed by atoms with E-state index in [1.165, 1.54) is 0 Å². The monoisotopic (exact) mass is 447 g/mol.